The standard InChI is InChI=1S/C14H4Cl5F5/c15-8-7(9(16)11(18)12(19)10(8)17)4-1-2-6(14(22,23)24)5(3-4)13(20)21/h1-3,13H. The number of hydrogen-bond donors (Lipinski definition) is 0. The van der Waals surface area contributed by atoms with E-state index in [1.54, 1.807) is 0 Å². The van der Waals surface area contributed by atoms with Crippen LogP contribution in [-0.2, 0) is 6.18 Å². The first-order valence-electron chi connectivity index (χ1n) is 5.98. The van der Waals surface area contributed by atoms with Crippen LogP contribution >= 0.6 is 58.0 Å². The summed E-state index contributed by atoms with van der Waals surface area (Å²) in [4.78, 5) is 0. The maximum absolute atomic E-state index is 13.0. The summed E-state index contributed by atoms with van der Waals surface area (Å²) in [5.74, 6) is 0. The third kappa shape index (κ3) is 3.56. The average molecular weight is 444 g/mol. The van der Waals surface area contributed by atoms with Gasteiger partial charge in [-0.3, -0.25) is 0 Å². The van der Waals surface area contributed by atoms with Crippen LogP contribution in [0.15, 0.2) is 18.2 Å². The molecule has 0 bridgehead atoms. The van der Waals surface area contributed by atoms with E-state index in [1.165, 1.54) is 0 Å². The van der Waals surface area contributed by atoms with E-state index in [2.05, 4.69) is 0 Å². The van der Waals surface area contributed by atoms with Gasteiger partial charge in [0.25, 0.3) is 6.43 Å². The van der Waals surface area contributed by atoms with Crippen molar-refractivity contribution < 1.29 is 22.0 Å². The van der Waals surface area contributed by atoms with Crippen LogP contribution in [0.5, 0.6) is 0 Å². The third-order valence-corrected chi connectivity index (χ3v) is 5.37. The molecule has 0 saturated carbocycles. The normalized spacial score (nSPS) is 12.1. The van der Waals surface area contributed by atoms with E-state index in [9.17, 15) is 22.0 Å². The number of benzene rings is 2. The SMILES string of the molecule is FC(F)c1cc(-c2c(Cl)c(Cl)c(Cl)c(Cl)c2Cl)ccc1C(F)(F)F. The molecule has 0 amide bonds. The van der Waals surface area contributed by atoms with Crippen molar-refractivity contribution in [2.75, 3.05) is 0 Å². The first-order chi connectivity index (χ1) is 11.0. The summed E-state index contributed by atoms with van der Waals surface area (Å²) in [6.07, 6.45) is -8.30. The molecule has 0 nitrogen and oxygen atoms in total. The number of rotatable bonds is 2. The van der Waals surface area contributed by atoms with Gasteiger partial charge in [-0.2, -0.15) is 13.2 Å². The summed E-state index contributed by atoms with van der Waals surface area (Å²) in [6.45, 7) is 0. The lowest BCUT2D eigenvalue weighted by Gasteiger charge is -2.16. The second kappa shape index (κ2) is 7.04. The maximum atomic E-state index is 13.0. The van der Waals surface area contributed by atoms with Crippen LogP contribution in [0.3, 0.4) is 0 Å². The monoisotopic (exact) mass is 442 g/mol. The molecule has 2 aromatic rings. The molecule has 0 aliphatic rings. The van der Waals surface area contributed by atoms with E-state index in [0.29, 0.717) is 12.1 Å². The fourth-order valence-corrected chi connectivity index (χ4v) is 3.37. The van der Waals surface area contributed by atoms with Gasteiger partial charge in [0.15, 0.2) is 0 Å². The highest BCUT2D eigenvalue weighted by molar-refractivity contribution is 6.56. The lowest BCUT2D eigenvalue weighted by molar-refractivity contribution is -0.139. The van der Waals surface area contributed by atoms with Gasteiger partial charge in [0, 0.05) is 11.1 Å². The Hall–Kier alpha value is -0.460. The van der Waals surface area contributed by atoms with Crippen LogP contribution in [-0.4, -0.2) is 0 Å². The Kier molecular flexibility index (Phi) is 5.83. The lowest BCUT2D eigenvalue weighted by Crippen LogP contribution is -2.09. The largest absolute Gasteiger partial charge is 0.416 e. The van der Waals surface area contributed by atoms with Gasteiger partial charge >= 0.3 is 6.18 Å². The Bertz CT molecular complexity index is 772. The summed E-state index contributed by atoms with van der Waals surface area (Å²) in [6, 6.07) is 2.10. The van der Waals surface area contributed by atoms with Crippen molar-refractivity contribution in [1.29, 1.82) is 0 Å². The Morgan fingerprint density at radius 2 is 1.21 bits per heavy atom. The Morgan fingerprint density at radius 3 is 1.62 bits per heavy atom. The van der Waals surface area contributed by atoms with Crippen LogP contribution in [0.25, 0.3) is 11.1 Å². The molecule has 0 atom stereocenters. The van der Waals surface area contributed by atoms with Crippen molar-refractivity contribution >= 4 is 58.0 Å². The van der Waals surface area contributed by atoms with E-state index in [1.807, 2.05) is 0 Å². The van der Waals surface area contributed by atoms with Crippen molar-refractivity contribution in [3.63, 3.8) is 0 Å². The van der Waals surface area contributed by atoms with E-state index >= 15 is 0 Å². The van der Waals surface area contributed by atoms with Gasteiger partial charge in [-0.15, -0.1) is 0 Å². The van der Waals surface area contributed by atoms with Crippen LogP contribution in [0.2, 0.25) is 25.1 Å². The van der Waals surface area contributed by atoms with Gasteiger partial charge in [0.1, 0.15) is 0 Å². The van der Waals surface area contributed by atoms with Crippen LogP contribution < -0.4 is 0 Å². The molecule has 0 N–H and O–H groups in total. The summed E-state index contributed by atoms with van der Waals surface area (Å²) in [5.41, 5.74) is -2.86. The first-order valence-corrected chi connectivity index (χ1v) is 7.86. The second-order valence-electron chi connectivity index (χ2n) is 4.55. The molecule has 0 heterocycles. The molecule has 10 heteroatoms. The fourth-order valence-electron chi connectivity index (χ4n) is 2.02. The molecule has 24 heavy (non-hydrogen) atoms. The van der Waals surface area contributed by atoms with E-state index in [-0.39, 0.29) is 36.2 Å². The van der Waals surface area contributed by atoms with Crippen molar-refractivity contribution in [1.82, 2.24) is 0 Å². The third-order valence-electron chi connectivity index (χ3n) is 3.09. The van der Waals surface area contributed by atoms with Crippen molar-refractivity contribution in [2.45, 2.75) is 12.6 Å². The zero-order valence-corrected chi connectivity index (χ0v) is 14.9. The molecule has 0 fully saturated rings. The predicted molar refractivity (Wildman–Crippen MR) is 86.9 cm³/mol. The minimum atomic E-state index is -4.94. The number of alkyl halides is 5. The van der Waals surface area contributed by atoms with Crippen LogP contribution in [0, 0.1) is 0 Å². The van der Waals surface area contributed by atoms with Crippen LogP contribution in [0.1, 0.15) is 17.6 Å². The van der Waals surface area contributed by atoms with Gasteiger partial charge in [-0.05, 0) is 17.7 Å². The molecule has 0 radical (unpaired) electrons. The zero-order chi connectivity index (χ0) is 18.4. The Labute approximate surface area is 158 Å². The van der Waals surface area contributed by atoms with E-state index in [0.717, 1.165) is 6.07 Å². The Balaban J connectivity index is 2.79. The molecule has 2 rings (SSSR count). The smallest absolute Gasteiger partial charge is 0.205 e. The van der Waals surface area contributed by atoms with Gasteiger partial charge in [0.05, 0.1) is 30.7 Å². The number of hydrogen-bond acceptors (Lipinski definition) is 0. The van der Waals surface area contributed by atoms with Crippen molar-refractivity contribution in [3.05, 3.63) is 54.4 Å². The van der Waals surface area contributed by atoms with E-state index < -0.39 is 23.7 Å². The molecule has 0 aliphatic carbocycles. The van der Waals surface area contributed by atoms with Gasteiger partial charge in [0.2, 0.25) is 0 Å². The van der Waals surface area contributed by atoms with Crippen LogP contribution in [0.4, 0.5) is 22.0 Å². The highest BCUT2D eigenvalue weighted by atomic mass is 35.5. The highest BCUT2D eigenvalue weighted by Crippen LogP contribution is 2.49. The molecule has 0 spiro atoms. The summed E-state index contributed by atoms with van der Waals surface area (Å²) in [5, 5.41) is -0.965. The first kappa shape index (κ1) is 19.9. The number of halogens is 10. The van der Waals surface area contributed by atoms with Crippen molar-refractivity contribution in [3.8, 4) is 11.1 Å². The topological polar surface area (TPSA) is 0 Å². The van der Waals surface area contributed by atoms with E-state index in [4.69, 9.17) is 58.0 Å². The molecule has 0 aromatic heterocycles. The van der Waals surface area contributed by atoms with Crippen molar-refractivity contribution in [2.24, 2.45) is 0 Å². The fraction of sp³-hybridized carbons (Fsp3) is 0.143. The Morgan fingerprint density at radius 1 is 0.750 bits per heavy atom. The quantitative estimate of drug-likeness (QED) is 0.247. The minimum Gasteiger partial charge on any atom is -0.205 e. The highest BCUT2D eigenvalue weighted by Gasteiger charge is 2.36. The molecule has 130 valence electrons. The second-order valence-corrected chi connectivity index (χ2v) is 6.44. The molecular weight excluding hydrogens is 440 g/mol. The van der Waals surface area contributed by atoms with Gasteiger partial charge in [-0.25, -0.2) is 8.78 Å². The molecule has 2 aromatic carbocycles. The predicted octanol–water partition coefficient (Wildman–Crippen LogP) is 8.58. The summed E-state index contributed by atoms with van der Waals surface area (Å²) < 4.78 is 64.6. The molecule has 0 aliphatic heterocycles. The zero-order valence-electron chi connectivity index (χ0n) is 11.1. The molecular formula is C14H4Cl5F5. The summed E-state index contributed by atoms with van der Waals surface area (Å²) >= 11 is 29.6. The summed E-state index contributed by atoms with van der Waals surface area (Å²) in [7, 11) is 0. The van der Waals surface area contributed by atoms with Gasteiger partial charge in [-0.1, -0.05) is 64.1 Å². The molecule has 0 unspecified atom stereocenters. The maximum Gasteiger partial charge on any atom is 0.416 e. The van der Waals surface area contributed by atoms with Gasteiger partial charge < -0.3 is 0 Å². The average Bonchev–Trinajstić information content (AvgIpc) is 2.50. The lowest BCUT2D eigenvalue weighted by atomic mass is 9.98. The minimum absolute atomic E-state index is 0.0895. The molecule has 0 saturated heterocycles.